The first-order chi connectivity index (χ1) is 6.88. The Bertz CT molecular complexity index is 277. The summed E-state index contributed by atoms with van der Waals surface area (Å²) in [7, 11) is 0. The highest BCUT2D eigenvalue weighted by Crippen LogP contribution is 2.73. The number of carbonyl (C=O) groups is 2. The highest BCUT2D eigenvalue weighted by molar-refractivity contribution is 5.40. The summed E-state index contributed by atoms with van der Waals surface area (Å²) in [6.45, 7) is 1.56. The van der Waals surface area contributed by atoms with Crippen LogP contribution in [0.25, 0.3) is 0 Å². The molecule has 76 valence electrons. The molecule has 0 spiro atoms. The molecule has 4 heteroatoms. The van der Waals surface area contributed by atoms with E-state index in [1.54, 1.807) is 0 Å². The fourth-order valence-corrected chi connectivity index (χ4v) is 3.89. The summed E-state index contributed by atoms with van der Waals surface area (Å²) in [5.74, 6) is 2.86. The summed E-state index contributed by atoms with van der Waals surface area (Å²) in [5, 5.41) is 0. The van der Waals surface area contributed by atoms with Gasteiger partial charge in [-0.15, -0.1) is 0 Å². The summed E-state index contributed by atoms with van der Waals surface area (Å²) in [4.78, 5) is 20.4. The van der Waals surface area contributed by atoms with E-state index in [0.29, 0.717) is 43.2 Å². The van der Waals surface area contributed by atoms with Gasteiger partial charge in [0.25, 0.3) is 12.9 Å². The zero-order valence-corrected chi connectivity index (χ0v) is 7.67. The lowest BCUT2D eigenvalue weighted by atomic mass is 9.98. The van der Waals surface area contributed by atoms with Crippen molar-refractivity contribution in [1.82, 2.24) is 0 Å². The standard InChI is InChI=1S/C10H12O4/c11-3-13-2-7-5-1-6-8(7)9(6)10(5)14-4-12/h3-10H,1-2H2/t5-,6+,7-,8-,9+,10-/m1/s1. The minimum absolute atomic E-state index is 0.114. The van der Waals surface area contributed by atoms with Crippen LogP contribution in [0.5, 0.6) is 0 Å². The second-order valence-corrected chi connectivity index (χ2v) is 4.51. The molecule has 4 fully saturated rings. The van der Waals surface area contributed by atoms with Gasteiger partial charge in [0.2, 0.25) is 0 Å². The van der Waals surface area contributed by atoms with Crippen molar-refractivity contribution in [3.8, 4) is 0 Å². The third-order valence-corrected chi connectivity index (χ3v) is 4.25. The van der Waals surface area contributed by atoms with Crippen LogP contribution in [0, 0.1) is 29.6 Å². The first-order valence-corrected chi connectivity index (χ1v) is 5.03. The molecule has 0 unspecified atom stereocenters. The number of ether oxygens (including phenoxy) is 2. The van der Waals surface area contributed by atoms with Crippen LogP contribution in [0.1, 0.15) is 6.42 Å². The van der Waals surface area contributed by atoms with Gasteiger partial charge >= 0.3 is 0 Å². The van der Waals surface area contributed by atoms with Crippen LogP contribution in [0.2, 0.25) is 0 Å². The van der Waals surface area contributed by atoms with E-state index >= 15 is 0 Å². The van der Waals surface area contributed by atoms with Gasteiger partial charge in [0.15, 0.2) is 0 Å². The van der Waals surface area contributed by atoms with Gasteiger partial charge in [-0.05, 0) is 18.3 Å². The third kappa shape index (κ3) is 0.837. The summed E-state index contributed by atoms with van der Waals surface area (Å²) >= 11 is 0. The Labute approximate surface area is 81.6 Å². The van der Waals surface area contributed by atoms with E-state index in [1.165, 1.54) is 0 Å². The van der Waals surface area contributed by atoms with Crippen molar-refractivity contribution < 1.29 is 19.1 Å². The van der Waals surface area contributed by atoms with E-state index in [0.717, 1.165) is 12.3 Å². The Morgan fingerprint density at radius 2 is 2.00 bits per heavy atom. The molecule has 0 saturated heterocycles. The van der Waals surface area contributed by atoms with Crippen LogP contribution in [0.4, 0.5) is 0 Å². The molecule has 0 amide bonds. The summed E-state index contributed by atoms with van der Waals surface area (Å²) in [6, 6.07) is 0. The molecular weight excluding hydrogens is 184 g/mol. The first-order valence-electron chi connectivity index (χ1n) is 5.03. The van der Waals surface area contributed by atoms with Gasteiger partial charge in [-0.2, -0.15) is 0 Å². The van der Waals surface area contributed by atoms with E-state index in [9.17, 15) is 9.59 Å². The van der Waals surface area contributed by atoms with Crippen LogP contribution < -0.4 is 0 Å². The SMILES string of the molecule is O=COC[C@@H]1[C@H]2C[C@H]3[C@H]1[C@H]3[C@@H]2OC=O. The number of rotatable bonds is 5. The fourth-order valence-electron chi connectivity index (χ4n) is 3.89. The van der Waals surface area contributed by atoms with Crippen molar-refractivity contribution in [2.75, 3.05) is 6.61 Å². The van der Waals surface area contributed by atoms with Crippen LogP contribution in [0.15, 0.2) is 0 Å². The molecule has 4 saturated carbocycles. The van der Waals surface area contributed by atoms with Crippen LogP contribution >= 0.6 is 0 Å². The first kappa shape index (κ1) is 8.26. The molecule has 4 aliphatic carbocycles. The van der Waals surface area contributed by atoms with Gasteiger partial charge in [-0.3, -0.25) is 9.59 Å². The Kier molecular flexibility index (Phi) is 1.60. The highest BCUT2D eigenvalue weighted by atomic mass is 16.5. The number of carbonyl (C=O) groups excluding carboxylic acids is 2. The predicted molar refractivity (Wildman–Crippen MR) is 45.0 cm³/mol. The van der Waals surface area contributed by atoms with Crippen molar-refractivity contribution >= 4 is 12.9 Å². The van der Waals surface area contributed by atoms with Gasteiger partial charge in [0.1, 0.15) is 6.10 Å². The van der Waals surface area contributed by atoms with E-state index in [1.807, 2.05) is 0 Å². The van der Waals surface area contributed by atoms with E-state index in [2.05, 4.69) is 0 Å². The maximum absolute atomic E-state index is 10.3. The van der Waals surface area contributed by atoms with E-state index in [-0.39, 0.29) is 6.10 Å². The number of hydrogen-bond acceptors (Lipinski definition) is 4. The lowest BCUT2D eigenvalue weighted by molar-refractivity contribution is -0.137. The second-order valence-electron chi connectivity index (χ2n) is 4.51. The Balaban J connectivity index is 1.69. The molecular formula is C10H12O4. The number of hydrogen-bond donors (Lipinski definition) is 0. The van der Waals surface area contributed by atoms with Crippen molar-refractivity contribution in [1.29, 1.82) is 0 Å². The summed E-state index contributed by atoms with van der Waals surface area (Å²) in [6.07, 6.45) is 1.27. The van der Waals surface area contributed by atoms with Crippen LogP contribution in [-0.2, 0) is 19.1 Å². The van der Waals surface area contributed by atoms with Gasteiger partial charge in [-0.25, -0.2) is 0 Å². The normalized spacial score (nSPS) is 51.4. The highest BCUT2D eigenvalue weighted by Gasteiger charge is 2.74. The molecule has 4 aliphatic rings. The van der Waals surface area contributed by atoms with Crippen molar-refractivity contribution in [3.63, 3.8) is 0 Å². The molecule has 4 rings (SSSR count). The van der Waals surface area contributed by atoms with Gasteiger partial charge in [0.05, 0.1) is 6.61 Å². The monoisotopic (exact) mass is 196 g/mol. The van der Waals surface area contributed by atoms with Crippen molar-refractivity contribution in [3.05, 3.63) is 0 Å². The molecule has 0 aromatic heterocycles. The molecule has 6 atom stereocenters. The molecule has 0 radical (unpaired) electrons. The Morgan fingerprint density at radius 3 is 2.64 bits per heavy atom. The lowest BCUT2D eigenvalue weighted by Gasteiger charge is -2.17. The quantitative estimate of drug-likeness (QED) is 0.590. The molecule has 0 aromatic rings. The lowest BCUT2D eigenvalue weighted by Crippen LogP contribution is -2.22. The largest absolute Gasteiger partial charge is 0.468 e. The van der Waals surface area contributed by atoms with Gasteiger partial charge < -0.3 is 9.47 Å². The zero-order chi connectivity index (χ0) is 9.71. The smallest absolute Gasteiger partial charge is 0.293 e. The average molecular weight is 196 g/mol. The van der Waals surface area contributed by atoms with E-state index < -0.39 is 0 Å². The zero-order valence-electron chi connectivity index (χ0n) is 7.67. The average Bonchev–Trinajstić information content (AvgIpc) is 2.54. The molecule has 14 heavy (non-hydrogen) atoms. The third-order valence-electron chi connectivity index (χ3n) is 4.25. The van der Waals surface area contributed by atoms with E-state index in [4.69, 9.17) is 9.47 Å². The summed E-state index contributed by atoms with van der Waals surface area (Å²) in [5.41, 5.74) is 0. The fraction of sp³-hybridized carbons (Fsp3) is 0.800. The Hall–Kier alpha value is -1.06. The van der Waals surface area contributed by atoms with Crippen molar-refractivity contribution in [2.24, 2.45) is 29.6 Å². The van der Waals surface area contributed by atoms with Crippen molar-refractivity contribution in [2.45, 2.75) is 12.5 Å². The topological polar surface area (TPSA) is 52.6 Å². The van der Waals surface area contributed by atoms with Gasteiger partial charge in [-0.1, -0.05) is 0 Å². The minimum atomic E-state index is 0.114. The second kappa shape index (κ2) is 2.72. The minimum Gasteiger partial charge on any atom is -0.468 e. The molecule has 4 nitrogen and oxygen atoms in total. The molecule has 0 aromatic carbocycles. The predicted octanol–water partition coefficient (Wildman–Crippen LogP) is 0.213. The molecule has 0 aliphatic heterocycles. The summed E-state index contributed by atoms with van der Waals surface area (Å²) < 4.78 is 9.91. The maximum Gasteiger partial charge on any atom is 0.293 e. The van der Waals surface area contributed by atoms with Crippen LogP contribution in [-0.4, -0.2) is 25.7 Å². The maximum atomic E-state index is 10.3. The molecule has 4 bridgehead atoms. The molecule has 0 heterocycles. The Morgan fingerprint density at radius 1 is 1.14 bits per heavy atom. The molecule has 0 N–H and O–H groups in total. The van der Waals surface area contributed by atoms with Gasteiger partial charge in [0, 0.05) is 17.8 Å². The van der Waals surface area contributed by atoms with Crippen LogP contribution in [0.3, 0.4) is 0 Å².